The Labute approximate surface area is 339 Å². The van der Waals surface area contributed by atoms with E-state index in [2.05, 4.69) is 67.8 Å². The normalized spacial score (nSPS) is 15.0. The highest BCUT2D eigenvalue weighted by atomic mass is 31.2. The van der Waals surface area contributed by atoms with Gasteiger partial charge in [-0.15, -0.1) is 0 Å². The molecule has 0 aromatic rings. The number of aliphatic hydroxyl groups excluding tert-OH is 1. The van der Waals surface area contributed by atoms with Gasteiger partial charge in [0.2, 0.25) is 5.91 Å². The molecule has 0 saturated heterocycles. The largest absolute Gasteiger partial charge is 0.756 e. The van der Waals surface area contributed by atoms with E-state index in [1.807, 2.05) is 27.2 Å². The number of allylic oxidation sites excluding steroid dienone is 9. The Balaban J connectivity index is 4.39. The minimum atomic E-state index is -4.59. The summed E-state index contributed by atoms with van der Waals surface area (Å²) in [6, 6.07) is -0.891. The minimum absolute atomic E-state index is 0.00531. The lowest BCUT2D eigenvalue weighted by molar-refractivity contribution is -0.870. The van der Waals surface area contributed by atoms with Crippen LogP contribution < -0.4 is 10.2 Å². The Bertz CT molecular complexity index is 1080. The first-order valence-electron chi connectivity index (χ1n) is 22.2. The summed E-state index contributed by atoms with van der Waals surface area (Å²) in [5.41, 5.74) is 0. The van der Waals surface area contributed by atoms with E-state index in [0.717, 1.165) is 77.0 Å². The number of nitrogens with one attached hydrogen (secondary N) is 1. The molecule has 0 bridgehead atoms. The van der Waals surface area contributed by atoms with Crippen LogP contribution in [0.1, 0.15) is 174 Å². The maximum absolute atomic E-state index is 12.8. The van der Waals surface area contributed by atoms with Gasteiger partial charge in [0.05, 0.1) is 39.9 Å². The van der Waals surface area contributed by atoms with E-state index >= 15 is 0 Å². The Hall–Kier alpha value is -1.80. The number of phosphoric ester groups is 1. The zero-order valence-electron chi connectivity index (χ0n) is 36.1. The second-order valence-electron chi connectivity index (χ2n) is 16.0. The molecule has 2 N–H and O–H groups in total. The SMILES string of the molecule is CC/C=C\C/C=C\C/C=C\C/C=C\CCCCCCCCCCC(=O)NC(COP(=O)([O-])OCC[N+](C)(C)C)C(O)/C=C/CCCCCCCCCCCC. The molecule has 0 spiro atoms. The molecule has 8 nitrogen and oxygen atoms in total. The Morgan fingerprint density at radius 1 is 0.655 bits per heavy atom. The summed E-state index contributed by atoms with van der Waals surface area (Å²) in [7, 11) is 1.24. The van der Waals surface area contributed by atoms with Crippen LogP contribution in [0.3, 0.4) is 0 Å². The third-order valence-electron chi connectivity index (χ3n) is 9.48. The van der Waals surface area contributed by atoms with Crippen molar-refractivity contribution in [1.82, 2.24) is 5.32 Å². The Kier molecular flexibility index (Phi) is 36.5. The molecule has 3 atom stereocenters. The van der Waals surface area contributed by atoms with Gasteiger partial charge < -0.3 is 28.8 Å². The minimum Gasteiger partial charge on any atom is -0.756 e. The summed E-state index contributed by atoms with van der Waals surface area (Å²) in [6.45, 7) is 4.50. The number of phosphoric acid groups is 1. The number of carbonyl (C=O) groups is 1. The van der Waals surface area contributed by atoms with Crippen LogP contribution in [0.25, 0.3) is 0 Å². The van der Waals surface area contributed by atoms with Gasteiger partial charge in [0.25, 0.3) is 7.82 Å². The first-order valence-corrected chi connectivity index (χ1v) is 23.6. The van der Waals surface area contributed by atoms with E-state index in [9.17, 15) is 19.4 Å². The van der Waals surface area contributed by atoms with Crippen molar-refractivity contribution in [3.8, 4) is 0 Å². The van der Waals surface area contributed by atoms with E-state index < -0.39 is 20.0 Å². The molecule has 0 rings (SSSR count). The topological polar surface area (TPSA) is 108 Å². The van der Waals surface area contributed by atoms with E-state index in [0.29, 0.717) is 17.4 Å². The summed E-state index contributed by atoms with van der Waals surface area (Å²) in [5, 5.41) is 13.7. The quantitative estimate of drug-likeness (QED) is 0.0278. The predicted octanol–water partition coefficient (Wildman–Crippen LogP) is 11.6. The number of likely N-dealkylation sites (N-methyl/N-ethyl adjacent to an activating group) is 1. The fourth-order valence-electron chi connectivity index (χ4n) is 5.97. The van der Waals surface area contributed by atoms with Crippen molar-refractivity contribution in [3.63, 3.8) is 0 Å². The van der Waals surface area contributed by atoms with Crippen molar-refractivity contribution in [1.29, 1.82) is 0 Å². The zero-order chi connectivity index (χ0) is 40.7. The average molecular weight is 793 g/mol. The van der Waals surface area contributed by atoms with Crippen molar-refractivity contribution in [2.45, 2.75) is 187 Å². The van der Waals surface area contributed by atoms with Gasteiger partial charge in [-0.2, -0.15) is 0 Å². The molecule has 0 aliphatic rings. The maximum Gasteiger partial charge on any atom is 0.268 e. The van der Waals surface area contributed by atoms with E-state index in [1.165, 1.54) is 77.0 Å². The number of hydrogen-bond acceptors (Lipinski definition) is 6. The zero-order valence-corrected chi connectivity index (χ0v) is 37.0. The van der Waals surface area contributed by atoms with Crippen LogP contribution in [0.4, 0.5) is 0 Å². The molecule has 0 heterocycles. The first kappa shape index (κ1) is 53.2. The molecule has 1 amide bonds. The average Bonchev–Trinajstić information content (AvgIpc) is 3.13. The summed E-state index contributed by atoms with van der Waals surface area (Å²) in [6.07, 6.45) is 48.3. The molecule has 55 heavy (non-hydrogen) atoms. The van der Waals surface area contributed by atoms with Crippen molar-refractivity contribution in [2.75, 3.05) is 40.9 Å². The molecule has 0 aromatic carbocycles. The molecule has 3 unspecified atom stereocenters. The number of carbonyl (C=O) groups excluding carboxylic acids is 1. The van der Waals surface area contributed by atoms with Crippen LogP contribution in [-0.2, 0) is 18.4 Å². The molecule has 0 saturated carbocycles. The molecule has 0 aliphatic heterocycles. The number of hydrogen-bond donors (Lipinski definition) is 2. The number of quaternary nitrogens is 1. The van der Waals surface area contributed by atoms with Crippen LogP contribution in [0, 0.1) is 0 Å². The first-order chi connectivity index (χ1) is 26.5. The van der Waals surface area contributed by atoms with Crippen LogP contribution >= 0.6 is 7.82 Å². The lowest BCUT2D eigenvalue weighted by Crippen LogP contribution is -2.45. The number of nitrogens with zero attached hydrogens (tertiary/aromatic N) is 1. The van der Waals surface area contributed by atoms with Crippen LogP contribution in [0.2, 0.25) is 0 Å². The Morgan fingerprint density at radius 3 is 1.62 bits per heavy atom. The highest BCUT2D eigenvalue weighted by Crippen LogP contribution is 2.38. The molecule has 320 valence electrons. The second-order valence-corrected chi connectivity index (χ2v) is 17.4. The molecule has 0 aliphatic carbocycles. The predicted molar refractivity (Wildman–Crippen MR) is 233 cm³/mol. The summed E-state index contributed by atoms with van der Waals surface area (Å²) >= 11 is 0. The molecular formula is C46H85N2O6P. The van der Waals surface area contributed by atoms with Gasteiger partial charge in [0.1, 0.15) is 13.2 Å². The molecule has 9 heteroatoms. The number of amides is 1. The number of rotatable bonds is 39. The molecular weight excluding hydrogens is 707 g/mol. The van der Waals surface area contributed by atoms with Gasteiger partial charge in [-0.1, -0.05) is 171 Å². The lowest BCUT2D eigenvalue weighted by Gasteiger charge is -2.29. The highest BCUT2D eigenvalue weighted by molar-refractivity contribution is 7.45. The fraction of sp³-hybridized carbons (Fsp3) is 0.761. The standard InChI is InChI=1S/C46H85N2O6P/c1-6-8-10-12-14-16-18-20-21-22-23-24-25-26-27-28-30-32-34-36-38-40-46(50)47-44(43-54-55(51,52)53-42-41-48(3,4)5)45(49)39-37-35-33-31-29-19-17-15-13-11-9-7-2/h8,10,14,16,20-21,23-24,37,39,44-45,49H,6-7,9,11-13,15,17-19,22,25-36,38,40-43H2,1-5H3,(H-,47,50,51,52)/b10-8-,16-14-,21-20-,24-23-,39-37+. The molecule has 0 aromatic heterocycles. The third-order valence-corrected chi connectivity index (χ3v) is 10.4. The monoisotopic (exact) mass is 793 g/mol. The van der Waals surface area contributed by atoms with Crippen molar-refractivity contribution in [2.24, 2.45) is 0 Å². The maximum atomic E-state index is 12.8. The van der Waals surface area contributed by atoms with Gasteiger partial charge >= 0.3 is 0 Å². The van der Waals surface area contributed by atoms with Crippen LogP contribution in [0.15, 0.2) is 60.8 Å². The van der Waals surface area contributed by atoms with Crippen LogP contribution in [-0.4, -0.2) is 68.5 Å². The number of unbranched alkanes of at least 4 members (excludes halogenated alkanes) is 18. The van der Waals surface area contributed by atoms with Gasteiger partial charge in [0, 0.05) is 6.42 Å². The molecule has 0 fully saturated rings. The van der Waals surface area contributed by atoms with Gasteiger partial charge in [-0.3, -0.25) is 9.36 Å². The van der Waals surface area contributed by atoms with Crippen molar-refractivity contribution in [3.05, 3.63) is 60.8 Å². The highest BCUT2D eigenvalue weighted by Gasteiger charge is 2.23. The van der Waals surface area contributed by atoms with Crippen molar-refractivity contribution >= 4 is 13.7 Å². The Morgan fingerprint density at radius 2 is 1.11 bits per heavy atom. The molecule has 0 radical (unpaired) electrons. The smallest absolute Gasteiger partial charge is 0.268 e. The van der Waals surface area contributed by atoms with E-state index in [1.54, 1.807) is 6.08 Å². The lowest BCUT2D eigenvalue weighted by atomic mass is 10.0. The van der Waals surface area contributed by atoms with E-state index in [4.69, 9.17) is 9.05 Å². The fourth-order valence-corrected chi connectivity index (χ4v) is 6.69. The van der Waals surface area contributed by atoms with Gasteiger partial charge in [0.15, 0.2) is 0 Å². The summed E-state index contributed by atoms with van der Waals surface area (Å²) in [4.78, 5) is 25.3. The van der Waals surface area contributed by atoms with Crippen molar-refractivity contribution < 1.29 is 32.9 Å². The number of aliphatic hydroxyl groups is 1. The third kappa shape index (κ3) is 40.2. The van der Waals surface area contributed by atoms with Gasteiger partial charge in [-0.05, 0) is 57.8 Å². The van der Waals surface area contributed by atoms with E-state index in [-0.39, 0.29) is 19.1 Å². The summed E-state index contributed by atoms with van der Waals surface area (Å²) in [5.74, 6) is -0.210. The van der Waals surface area contributed by atoms with Gasteiger partial charge in [-0.25, -0.2) is 0 Å². The van der Waals surface area contributed by atoms with Crippen LogP contribution in [0.5, 0.6) is 0 Å². The second kappa shape index (κ2) is 37.8. The summed E-state index contributed by atoms with van der Waals surface area (Å²) < 4.78 is 23.2.